The predicted molar refractivity (Wildman–Crippen MR) is 67.9 cm³/mol. The predicted octanol–water partition coefficient (Wildman–Crippen LogP) is 1.82. The smallest absolute Gasteiger partial charge is 0.255 e. The summed E-state index contributed by atoms with van der Waals surface area (Å²) >= 11 is 0. The molecule has 20 heavy (non-hydrogen) atoms. The standard InChI is InChI=1S/C14H12F2N2O2/c15-12-10(6-7-17-13(12)16)14(20)18-11(8-19)9-4-2-1-3-5-9/h1-7,11,19H,8H2,(H,18,20)/t11-/m0/s1. The maximum atomic E-state index is 13.4. The molecule has 0 aliphatic rings. The Hall–Kier alpha value is -2.34. The molecular formula is C14H12F2N2O2. The first kappa shape index (κ1) is 14.1. The molecule has 0 saturated carbocycles. The summed E-state index contributed by atoms with van der Waals surface area (Å²) < 4.78 is 26.4. The fourth-order valence-electron chi connectivity index (χ4n) is 1.75. The minimum absolute atomic E-state index is 0.356. The van der Waals surface area contributed by atoms with E-state index in [0.29, 0.717) is 5.56 Å². The average Bonchev–Trinajstić information content (AvgIpc) is 2.48. The Morgan fingerprint density at radius 2 is 1.95 bits per heavy atom. The number of hydrogen-bond donors (Lipinski definition) is 2. The summed E-state index contributed by atoms with van der Waals surface area (Å²) in [6.45, 7) is -0.356. The summed E-state index contributed by atoms with van der Waals surface area (Å²) in [7, 11) is 0. The molecule has 104 valence electrons. The van der Waals surface area contributed by atoms with Crippen molar-refractivity contribution in [1.29, 1.82) is 0 Å². The first-order valence-corrected chi connectivity index (χ1v) is 5.90. The van der Waals surface area contributed by atoms with Crippen molar-refractivity contribution in [2.75, 3.05) is 6.61 Å². The van der Waals surface area contributed by atoms with Crippen LogP contribution in [0.25, 0.3) is 0 Å². The van der Waals surface area contributed by atoms with Crippen LogP contribution in [0.4, 0.5) is 8.78 Å². The SMILES string of the molecule is O=C(N[C@@H](CO)c1ccccc1)c1ccnc(F)c1F. The largest absolute Gasteiger partial charge is 0.394 e. The molecule has 0 aliphatic carbocycles. The Bertz CT molecular complexity index is 605. The van der Waals surface area contributed by atoms with Gasteiger partial charge in [-0.3, -0.25) is 4.79 Å². The monoisotopic (exact) mass is 278 g/mol. The van der Waals surface area contributed by atoms with Crippen LogP contribution in [-0.2, 0) is 0 Å². The lowest BCUT2D eigenvalue weighted by molar-refractivity contribution is 0.0910. The second-order valence-electron chi connectivity index (χ2n) is 4.08. The van der Waals surface area contributed by atoms with Gasteiger partial charge >= 0.3 is 0 Å². The highest BCUT2D eigenvalue weighted by molar-refractivity contribution is 5.94. The van der Waals surface area contributed by atoms with Crippen molar-refractivity contribution in [1.82, 2.24) is 10.3 Å². The van der Waals surface area contributed by atoms with E-state index >= 15 is 0 Å². The number of pyridine rings is 1. The van der Waals surface area contributed by atoms with Gasteiger partial charge in [-0.05, 0) is 11.6 Å². The number of halogens is 2. The molecule has 0 spiro atoms. The van der Waals surface area contributed by atoms with E-state index in [-0.39, 0.29) is 6.61 Å². The molecule has 1 atom stereocenters. The third kappa shape index (κ3) is 2.97. The third-order valence-electron chi connectivity index (χ3n) is 2.78. The number of carbonyl (C=O) groups is 1. The van der Waals surface area contributed by atoms with Crippen molar-refractivity contribution in [2.45, 2.75) is 6.04 Å². The van der Waals surface area contributed by atoms with Gasteiger partial charge in [-0.15, -0.1) is 0 Å². The summed E-state index contributed by atoms with van der Waals surface area (Å²) in [6, 6.07) is 9.09. The molecule has 0 fully saturated rings. The molecular weight excluding hydrogens is 266 g/mol. The van der Waals surface area contributed by atoms with Crippen LogP contribution < -0.4 is 5.32 Å². The van der Waals surface area contributed by atoms with Gasteiger partial charge in [0, 0.05) is 6.20 Å². The molecule has 0 bridgehead atoms. The highest BCUT2D eigenvalue weighted by Crippen LogP contribution is 2.14. The van der Waals surface area contributed by atoms with Crippen LogP contribution >= 0.6 is 0 Å². The number of hydrogen-bond acceptors (Lipinski definition) is 3. The highest BCUT2D eigenvalue weighted by atomic mass is 19.2. The molecule has 0 unspecified atom stereocenters. The topological polar surface area (TPSA) is 62.2 Å². The Morgan fingerprint density at radius 1 is 1.25 bits per heavy atom. The first-order chi connectivity index (χ1) is 9.63. The van der Waals surface area contributed by atoms with Crippen LogP contribution in [0.3, 0.4) is 0 Å². The van der Waals surface area contributed by atoms with Crippen molar-refractivity contribution >= 4 is 5.91 Å². The first-order valence-electron chi connectivity index (χ1n) is 5.90. The number of rotatable bonds is 4. The summed E-state index contributed by atoms with van der Waals surface area (Å²) in [6.07, 6.45) is 1.00. The minimum Gasteiger partial charge on any atom is -0.394 e. The minimum atomic E-state index is -1.34. The number of carbonyl (C=O) groups excluding carboxylic acids is 1. The van der Waals surface area contributed by atoms with E-state index in [0.717, 1.165) is 12.3 Å². The second-order valence-corrected chi connectivity index (χ2v) is 4.08. The van der Waals surface area contributed by atoms with Crippen LogP contribution in [-0.4, -0.2) is 22.6 Å². The van der Waals surface area contributed by atoms with E-state index in [1.165, 1.54) is 0 Å². The molecule has 4 nitrogen and oxygen atoms in total. The Morgan fingerprint density at radius 3 is 2.60 bits per heavy atom. The maximum absolute atomic E-state index is 13.4. The summed E-state index contributed by atoms with van der Waals surface area (Å²) in [5.41, 5.74) is 0.213. The molecule has 6 heteroatoms. The number of nitrogens with one attached hydrogen (secondary N) is 1. The van der Waals surface area contributed by atoms with Gasteiger partial charge in [0.1, 0.15) is 0 Å². The lowest BCUT2D eigenvalue weighted by Gasteiger charge is -2.16. The zero-order valence-corrected chi connectivity index (χ0v) is 10.4. The molecule has 2 aromatic rings. The summed E-state index contributed by atoms with van der Waals surface area (Å²) in [5.74, 6) is -3.46. The van der Waals surface area contributed by atoms with Crippen molar-refractivity contribution in [2.24, 2.45) is 0 Å². The fourth-order valence-corrected chi connectivity index (χ4v) is 1.75. The molecule has 1 heterocycles. The van der Waals surface area contributed by atoms with Crippen molar-refractivity contribution in [3.8, 4) is 0 Å². The molecule has 0 saturated heterocycles. The number of aliphatic hydroxyl groups is 1. The normalized spacial score (nSPS) is 11.9. The highest BCUT2D eigenvalue weighted by Gasteiger charge is 2.19. The lowest BCUT2D eigenvalue weighted by Crippen LogP contribution is -2.31. The van der Waals surface area contributed by atoms with Gasteiger partial charge in [0.2, 0.25) is 5.95 Å². The Kier molecular flexibility index (Phi) is 4.37. The van der Waals surface area contributed by atoms with Crippen LogP contribution in [0, 0.1) is 11.8 Å². The van der Waals surface area contributed by atoms with Crippen molar-refractivity contribution in [3.63, 3.8) is 0 Å². The van der Waals surface area contributed by atoms with Gasteiger partial charge in [-0.2, -0.15) is 4.39 Å². The average molecular weight is 278 g/mol. The van der Waals surface area contributed by atoms with Gasteiger partial charge in [-0.25, -0.2) is 9.37 Å². The van der Waals surface area contributed by atoms with Crippen LogP contribution in [0.15, 0.2) is 42.6 Å². The zero-order valence-electron chi connectivity index (χ0n) is 10.4. The van der Waals surface area contributed by atoms with E-state index in [4.69, 9.17) is 0 Å². The lowest BCUT2D eigenvalue weighted by atomic mass is 10.1. The quantitative estimate of drug-likeness (QED) is 0.839. The molecule has 1 aromatic carbocycles. The van der Waals surface area contributed by atoms with E-state index in [1.807, 2.05) is 0 Å². The molecule has 0 aliphatic heterocycles. The number of amides is 1. The van der Waals surface area contributed by atoms with E-state index < -0.39 is 29.3 Å². The van der Waals surface area contributed by atoms with E-state index in [9.17, 15) is 18.7 Å². The third-order valence-corrected chi connectivity index (χ3v) is 2.78. The van der Waals surface area contributed by atoms with E-state index in [1.54, 1.807) is 30.3 Å². The maximum Gasteiger partial charge on any atom is 0.255 e. The number of benzene rings is 1. The fraction of sp³-hybridized carbons (Fsp3) is 0.143. The van der Waals surface area contributed by atoms with Gasteiger partial charge in [0.25, 0.3) is 5.91 Å². The molecule has 1 amide bonds. The number of aromatic nitrogens is 1. The molecule has 2 rings (SSSR count). The summed E-state index contributed by atoms with van der Waals surface area (Å²) in [5, 5.41) is 11.7. The second kappa shape index (κ2) is 6.21. The number of nitrogens with zero attached hydrogens (tertiary/aromatic N) is 1. The van der Waals surface area contributed by atoms with Crippen LogP contribution in [0.5, 0.6) is 0 Å². The van der Waals surface area contributed by atoms with Crippen molar-refractivity contribution in [3.05, 3.63) is 65.5 Å². The van der Waals surface area contributed by atoms with Gasteiger partial charge in [-0.1, -0.05) is 30.3 Å². The zero-order chi connectivity index (χ0) is 14.5. The van der Waals surface area contributed by atoms with Crippen molar-refractivity contribution < 1.29 is 18.7 Å². The van der Waals surface area contributed by atoms with Gasteiger partial charge in [0.15, 0.2) is 5.82 Å². The Balaban J connectivity index is 2.20. The van der Waals surface area contributed by atoms with E-state index in [2.05, 4.69) is 10.3 Å². The molecule has 2 N–H and O–H groups in total. The molecule has 0 radical (unpaired) electrons. The molecule has 1 aromatic heterocycles. The summed E-state index contributed by atoms with van der Waals surface area (Å²) in [4.78, 5) is 15.0. The van der Waals surface area contributed by atoms with Gasteiger partial charge in [0.05, 0.1) is 18.2 Å². The Labute approximate surface area is 114 Å². The van der Waals surface area contributed by atoms with Gasteiger partial charge < -0.3 is 10.4 Å². The van der Waals surface area contributed by atoms with Crippen LogP contribution in [0.2, 0.25) is 0 Å². The van der Waals surface area contributed by atoms with Crippen LogP contribution in [0.1, 0.15) is 22.0 Å². The number of aliphatic hydroxyl groups excluding tert-OH is 1.